The number of rotatable bonds is 8. The lowest BCUT2D eigenvalue weighted by Crippen LogP contribution is -2.29. The van der Waals surface area contributed by atoms with Crippen LogP contribution in [0.1, 0.15) is 48.6 Å². The van der Waals surface area contributed by atoms with Crippen molar-refractivity contribution in [2.75, 3.05) is 0 Å². The fourth-order valence-electron chi connectivity index (χ4n) is 3.00. The number of aromatic nitrogens is 3. The van der Waals surface area contributed by atoms with Gasteiger partial charge >= 0.3 is 0 Å². The lowest BCUT2D eigenvalue weighted by molar-refractivity contribution is 0.0937. The van der Waals surface area contributed by atoms with Crippen LogP contribution in [0.4, 0.5) is 4.39 Å². The van der Waals surface area contributed by atoms with E-state index in [4.69, 9.17) is 11.6 Å². The highest BCUT2D eigenvalue weighted by Crippen LogP contribution is 2.29. The fraction of sp³-hybridized carbons (Fsp3) is 0.318. The molecule has 0 radical (unpaired) electrons. The number of hydrogen-bond donors (Lipinski definition) is 1. The van der Waals surface area contributed by atoms with Crippen molar-refractivity contribution in [2.45, 2.75) is 44.3 Å². The number of thioether (sulfide) groups is 1. The van der Waals surface area contributed by atoms with E-state index in [1.807, 2.05) is 29.7 Å². The molecule has 1 aromatic heterocycles. The number of hydrogen-bond acceptors (Lipinski definition) is 4. The van der Waals surface area contributed by atoms with Crippen LogP contribution in [0.15, 0.2) is 53.7 Å². The van der Waals surface area contributed by atoms with E-state index in [1.54, 1.807) is 24.3 Å². The molecule has 3 rings (SSSR count). The van der Waals surface area contributed by atoms with Crippen LogP contribution < -0.4 is 5.32 Å². The number of nitrogens with one attached hydrogen (secondary N) is 1. The second-order valence-corrected chi connectivity index (χ2v) is 8.74. The molecule has 1 amide bonds. The first kappa shape index (κ1) is 22.3. The number of amides is 1. The Morgan fingerprint density at radius 3 is 2.53 bits per heavy atom. The molecule has 3 aromatic rings. The number of carbonyl (C=O) groups excluding carboxylic acids is 1. The largest absolute Gasteiger partial charge is 0.342 e. The second-order valence-electron chi connectivity index (χ2n) is 7.40. The molecule has 5 nitrogen and oxygen atoms in total. The second kappa shape index (κ2) is 10.1. The van der Waals surface area contributed by atoms with Crippen LogP contribution in [0.25, 0.3) is 0 Å². The number of nitrogens with zero attached hydrogens (tertiary/aromatic N) is 3. The molecule has 0 saturated carbocycles. The Labute approximate surface area is 185 Å². The first-order chi connectivity index (χ1) is 14.4. The Morgan fingerprint density at radius 2 is 1.87 bits per heavy atom. The van der Waals surface area contributed by atoms with E-state index in [2.05, 4.69) is 29.4 Å². The molecule has 0 spiro atoms. The van der Waals surface area contributed by atoms with Crippen molar-refractivity contribution >= 4 is 29.3 Å². The fourth-order valence-corrected chi connectivity index (χ4v) is 4.30. The quantitative estimate of drug-likeness (QED) is 0.463. The predicted molar refractivity (Wildman–Crippen MR) is 118 cm³/mol. The Morgan fingerprint density at radius 1 is 1.13 bits per heavy atom. The van der Waals surface area contributed by atoms with Gasteiger partial charge in [-0.25, -0.2) is 4.39 Å². The first-order valence-corrected chi connectivity index (χ1v) is 11.1. The van der Waals surface area contributed by atoms with Gasteiger partial charge in [0.2, 0.25) is 0 Å². The molecular formula is C22H24ClFN4OS. The topological polar surface area (TPSA) is 59.8 Å². The number of halogens is 2. The average Bonchev–Trinajstić information content (AvgIpc) is 3.10. The van der Waals surface area contributed by atoms with Crippen LogP contribution in [-0.2, 0) is 12.3 Å². The third-order valence-corrected chi connectivity index (χ3v) is 5.82. The van der Waals surface area contributed by atoms with Gasteiger partial charge in [0.1, 0.15) is 5.82 Å². The van der Waals surface area contributed by atoms with Crippen molar-refractivity contribution in [3.8, 4) is 0 Å². The molecule has 0 bridgehead atoms. The molecule has 0 aliphatic heterocycles. The van der Waals surface area contributed by atoms with Crippen molar-refractivity contribution in [1.29, 1.82) is 0 Å². The summed E-state index contributed by atoms with van der Waals surface area (Å²) in [5.74, 6) is 0.832. The van der Waals surface area contributed by atoms with Crippen molar-refractivity contribution in [3.05, 3.63) is 76.3 Å². The van der Waals surface area contributed by atoms with Gasteiger partial charge < -0.3 is 9.88 Å². The van der Waals surface area contributed by atoms with Gasteiger partial charge in [0, 0.05) is 28.4 Å². The molecule has 1 N–H and O–H groups in total. The smallest absolute Gasteiger partial charge is 0.251 e. The third-order valence-electron chi connectivity index (χ3n) is 4.47. The highest BCUT2D eigenvalue weighted by molar-refractivity contribution is 7.98. The molecule has 0 unspecified atom stereocenters. The minimum Gasteiger partial charge on any atom is -0.342 e. The summed E-state index contributed by atoms with van der Waals surface area (Å²) < 4.78 is 16.1. The summed E-state index contributed by atoms with van der Waals surface area (Å²) in [4.78, 5) is 12.5. The van der Waals surface area contributed by atoms with Gasteiger partial charge in [-0.1, -0.05) is 61.5 Å². The lowest BCUT2D eigenvalue weighted by atomic mass is 10.2. The minimum atomic E-state index is -0.339. The highest BCUT2D eigenvalue weighted by Gasteiger charge is 2.21. The summed E-state index contributed by atoms with van der Waals surface area (Å²) in [6.45, 7) is 6.75. The zero-order valence-electron chi connectivity index (χ0n) is 17.1. The Hall–Kier alpha value is -2.38. The molecule has 30 heavy (non-hydrogen) atoms. The van der Waals surface area contributed by atoms with Gasteiger partial charge in [-0.2, -0.15) is 0 Å². The summed E-state index contributed by atoms with van der Waals surface area (Å²) in [6, 6.07) is 13.4. The molecule has 0 saturated heterocycles. The van der Waals surface area contributed by atoms with Crippen LogP contribution in [0.3, 0.4) is 0 Å². The summed E-state index contributed by atoms with van der Waals surface area (Å²) in [5, 5.41) is 12.7. The van der Waals surface area contributed by atoms with Gasteiger partial charge in [0.25, 0.3) is 5.91 Å². The standard InChI is InChI=1S/C22H24ClFN4OS/c1-14(2)12-28-20(15(3)25-21(29)16-8-5-4-6-9-16)26-27-22(28)30-13-17-18(23)10-7-11-19(17)24/h4-11,14-15H,12-13H2,1-3H3,(H,25,29)/t15-/m1/s1. The predicted octanol–water partition coefficient (Wildman–Crippen LogP) is 5.51. The number of benzene rings is 2. The molecule has 2 aromatic carbocycles. The van der Waals surface area contributed by atoms with E-state index in [-0.39, 0.29) is 17.8 Å². The molecular weight excluding hydrogens is 423 g/mol. The van der Waals surface area contributed by atoms with Crippen molar-refractivity contribution < 1.29 is 9.18 Å². The first-order valence-electron chi connectivity index (χ1n) is 9.71. The maximum atomic E-state index is 14.1. The maximum Gasteiger partial charge on any atom is 0.251 e. The zero-order chi connectivity index (χ0) is 21.7. The van der Waals surface area contributed by atoms with E-state index in [1.165, 1.54) is 17.8 Å². The Kier molecular flexibility index (Phi) is 7.50. The highest BCUT2D eigenvalue weighted by atomic mass is 35.5. The van der Waals surface area contributed by atoms with E-state index in [0.717, 1.165) is 0 Å². The maximum absolute atomic E-state index is 14.1. The number of carbonyl (C=O) groups is 1. The van der Waals surface area contributed by atoms with E-state index < -0.39 is 0 Å². The lowest BCUT2D eigenvalue weighted by Gasteiger charge is -2.17. The summed E-state index contributed by atoms with van der Waals surface area (Å²) in [6.07, 6.45) is 0. The summed E-state index contributed by atoms with van der Waals surface area (Å²) in [7, 11) is 0. The van der Waals surface area contributed by atoms with Gasteiger partial charge in [-0.05, 0) is 37.1 Å². The molecule has 0 aliphatic rings. The zero-order valence-corrected chi connectivity index (χ0v) is 18.7. The van der Waals surface area contributed by atoms with Crippen LogP contribution in [0.2, 0.25) is 5.02 Å². The van der Waals surface area contributed by atoms with E-state index >= 15 is 0 Å². The SMILES string of the molecule is CC(C)Cn1c(SCc2c(F)cccc2Cl)nnc1[C@@H](C)NC(=O)c1ccccc1. The van der Waals surface area contributed by atoms with E-state index in [9.17, 15) is 9.18 Å². The van der Waals surface area contributed by atoms with Crippen LogP contribution in [0.5, 0.6) is 0 Å². The summed E-state index contributed by atoms with van der Waals surface area (Å²) in [5.41, 5.74) is 1.03. The molecule has 8 heteroatoms. The average molecular weight is 447 g/mol. The molecule has 0 aliphatic carbocycles. The minimum absolute atomic E-state index is 0.172. The van der Waals surface area contributed by atoms with Gasteiger partial charge in [-0.15, -0.1) is 10.2 Å². The Bertz CT molecular complexity index is 989. The summed E-state index contributed by atoms with van der Waals surface area (Å²) >= 11 is 7.52. The molecule has 0 fully saturated rings. The van der Waals surface area contributed by atoms with Crippen molar-refractivity contribution in [2.24, 2.45) is 5.92 Å². The van der Waals surface area contributed by atoms with Crippen LogP contribution in [0, 0.1) is 11.7 Å². The van der Waals surface area contributed by atoms with Crippen LogP contribution in [-0.4, -0.2) is 20.7 Å². The molecule has 158 valence electrons. The Balaban J connectivity index is 1.80. The van der Waals surface area contributed by atoms with Crippen LogP contribution >= 0.6 is 23.4 Å². The van der Waals surface area contributed by atoms with Crippen molar-refractivity contribution in [3.63, 3.8) is 0 Å². The van der Waals surface area contributed by atoms with Gasteiger partial charge in [0.05, 0.1) is 6.04 Å². The van der Waals surface area contributed by atoms with E-state index in [0.29, 0.717) is 45.3 Å². The normalized spacial score (nSPS) is 12.2. The van der Waals surface area contributed by atoms with Gasteiger partial charge in [-0.3, -0.25) is 4.79 Å². The molecule has 1 atom stereocenters. The molecule has 1 heterocycles. The van der Waals surface area contributed by atoms with Gasteiger partial charge in [0.15, 0.2) is 11.0 Å². The van der Waals surface area contributed by atoms with Crippen molar-refractivity contribution in [1.82, 2.24) is 20.1 Å². The monoisotopic (exact) mass is 446 g/mol. The third kappa shape index (κ3) is 5.40.